The smallest absolute Gasteiger partial charge is 0.125 e. The first-order chi connectivity index (χ1) is 9.28. The van der Waals surface area contributed by atoms with E-state index in [2.05, 4.69) is 6.92 Å². The van der Waals surface area contributed by atoms with Gasteiger partial charge in [0.2, 0.25) is 0 Å². The van der Waals surface area contributed by atoms with Crippen molar-refractivity contribution < 1.29 is 14.6 Å². The highest BCUT2D eigenvalue weighted by Crippen LogP contribution is 2.32. The molecule has 0 aliphatic heterocycles. The van der Waals surface area contributed by atoms with Crippen LogP contribution in [0.25, 0.3) is 0 Å². The number of hydrogen-bond acceptors (Lipinski definition) is 3. The molecule has 19 heavy (non-hydrogen) atoms. The van der Waals surface area contributed by atoms with E-state index in [9.17, 15) is 5.11 Å². The molecule has 0 spiro atoms. The van der Waals surface area contributed by atoms with Crippen LogP contribution in [-0.4, -0.2) is 18.3 Å². The van der Waals surface area contributed by atoms with Gasteiger partial charge in [0, 0.05) is 5.56 Å². The van der Waals surface area contributed by atoms with Gasteiger partial charge in [0.05, 0.1) is 13.7 Å². The van der Waals surface area contributed by atoms with Crippen LogP contribution in [0.2, 0.25) is 0 Å². The van der Waals surface area contributed by atoms with Gasteiger partial charge >= 0.3 is 0 Å². The maximum absolute atomic E-state index is 9.46. The second-order valence-corrected chi connectivity index (χ2v) is 5.24. The highest BCUT2D eigenvalue weighted by Gasteiger charge is 2.25. The normalized spacial score (nSPS) is 23.1. The van der Waals surface area contributed by atoms with E-state index >= 15 is 0 Å². The zero-order chi connectivity index (χ0) is 13.7. The summed E-state index contributed by atoms with van der Waals surface area (Å²) < 4.78 is 11.3. The van der Waals surface area contributed by atoms with Crippen molar-refractivity contribution in [3.8, 4) is 11.5 Å². The summed E-state index contributed by atoms with van der Waals surface area (Å²) in [4.78, 5) is 0. The molecule has 3 heteroatoms. The number of rotatable bonds is 5. The van der Waals surface area contributed by atoms with Gasteiger partial charge in [0.1, 0.15) is 17.6 Å². The van der Waals surface area contributed by atoms with Gasteiger partial charge in [0.15, 0.2) is 0 Å². The van der Waals surface area contributed by atoms with Gasteiger partial charge in [-0.1, -0.05) is 13.3 Å². The minimum Gasteiger partial charge on any atom is -0.497 e. The Morgan fingerprint density at radius 3 is 2.74 bits per heavy atom. The predicted octanol–water partition coefficient (Wildman–Crippen LogP) is 3.54. The Kier molecular flexibility index (Phi) is 5.08. The van der Waals surface area contributed by atoms with Crippen LogP contribution in [0.15, 0.2) is 18.2 Å². The summed E-state index contributed by atoms with van der Waals surface area (Å²) in [6, 6.07) is 5.64. The van der Waals surface area contributed by atoms with Crippen LogP contribution >= 0.6 is 0 Å². The number of aliphatic hydroxyl groups is 1. The fourth-order valence-electron chi connectivity index (χ4n) is 2.88. The SMILES string of the molecule is CCC1CCCCC1Oc1ccc(OC)cc1CO. The third-order valence-corrected chi connectivity index (χ3v) is 4.08. The molecular weight excluding hydrogens is 240 g/mol. The van der Waals surface area contributed by atoms with Crippen LogP contribution in [0.1, 0.15) is 44.6 Å². The quantitative estimate of drug-likeness (QED) is 0.884. The summed E-state index contributed by atoms with van der Waals surface area (Å²) in [6.45, 7) is 2.21. The van der Waals surface area contributed by atoms with Gasteiger partial charge in [-0.15, -0.1) is 0 Å². The standard InChI is InChI=1S/C16H24O3/c1-3-12-6-4-5-7-15(12)19-16-9-8-14(18-2)10-13(16)11-17/h8-10,12,15,17H,3-7,11H2,1-2H3. The number of hydrogen-bond donors (Lipinski definition) is 1. The Morgan fingerprint density at radius 2 is 2.05 bits per heavy atom. The lowest BCUT2D eigenvalue weighted by atomic mass is 9.84. The molecule has 3 nitrogen and oxygen atoms in total. The molecule has 0 amide bonds. The molecule has 1 aliphatic rings. The third kappa shape index (κ3) is 3.41. The second kappa shape index (κ2) is 6.80. The summed E-state index contributed by atoms with van der Waals surface area (Å²) in [7, 11) is 1.63. The first-order valence-electron chi connectivity index (χ1n) is 7.23. The van der Waals surface area contributed by atoms with Gasteiger partial charge in [0.25, 0.3) is 0 Å². The molecule has 1 aromatic carbocycles. The van der Waals surface area contributed by atoms with Gasteiger partial charge in [-0.3, -0.25) is 0 Å². The molecule has 0 saturated heterocycles. The summed E-state index contributed by atoms with van der Waals surface area (Å²) in [5, 5.41) is 9.46. The molecule has 2 rings (SSSR count). The third-order valence-electron chi connectivity index (χ3n) is 4.08. The minimum absolute atomic E-state index is 0.0178. The fourth-order valence-corrected chi connectivity index (χ4v) is 2.88. The van der Waals surface area contributed by atoms with Crippen molar-refractivity contribution in [2.24, 2.45) is 5.92 Å². The van der Waals surface area contributed by atoms with Crippen molar-refractivity contribution in [1.82, 2.24) is 0 Å². The lowest BCUT2D eigenvalue weighted by molar-refractivity contribution is 0.0877. The van der Waals surface area contributed by atoms with Crippen LogP contribution in [0.5, 0.6) is 11.5 Å². The Hall–Kier alpha value is -1.22. The molecular formula is C16H24O3. The number of benzene rings is 1. The largest absolute Gasteiger partial charge is 0.497 e. The van der Waals surface area contributed by atoms with Crippen LogP contribution in [0.4, 0.5) is 0 Å². The molecule has 0 radical (unpaired) electrons. The topological polar surface area (TPSA) is 38.7 Å². The molecule has 0 aromatic heterocycles. The van der Waals surface area contributed by atoms with Crippen molar-refractivity contribution >= 4 is 0 Å². The molecule has 1 fully saturated rings. The highest BCUT2D eigenvalue weighted by molar-refractivity contribution is 5.40. The van der Waals surface area contributed by atoms with Crippen molar-refractivity contribution in [3.05, 3.63) is 23.8 Å². The molecule has 0 bridgehead atoms. The molecule has 1 aromatic rings. The minimum atomic E-state index is -0.0178. The number of ether oxygens (including phenoxy) is 2. The van der Waals surface area contributed by atoms with E-state index < -0.39 is 0 Å². The first-order valence-corrected chi connectivity index (χ1v) is 7.23. The van der Waals surface area contributed by atoms with Crippen molar-refractivity contribution in [2.75, 3.05) is 7.11 Å². The molecule has 0 heterocycles. The van der Waals surface area contributed by atoms with E-state index in [0.717, 1.165) is 29.9 Å². The zero-order valence-corrected chi connectivity index (χ0v) is 11.9. The highest BCUT2D eigenvalue weighted by atomic mass is 16.5. The van der Waals surface area contributed by atoms with E-state index in [1.165, 1.54) is 19.3 Å². The zero-order valence-electron chi connectivity index (χ0n) is 11.9. The lowest BCUT2D eigenvalue weighted by Crippen LogP contribution is -2.30. The van der Waals surface area contributed by atoms with Gasteiger partial charge in [-0.05, 0) is 49.8 Å². The Labute approximate surface area is 115 Å². The van der Waals surface area contributed by atoms with Gasteiger partial charge in [-0.25, -0.2) is 0 Å². The van der Waals surface area contributed by atoms with Crippen LogP contribution < -0.4 is 9.47 Å². The van der Waals surface area contributed by atoms with Crippen molar-refractivity contribution in [2.45, 2.75) is 51.7 Å². The van der Waals surface area contributed by atoms with Crippen LogP contribution in [0.3, 0.4) is 0 Å². The van der Waals surface area contributed by atoms with E-state index in [4.69, 9.17) is 9.47 Å². The fraction of sp³-hybridized carbons (Fsp3) is 0.625. The second-order valence-electron chi connectivity index (χ2n) is 5.24. The molecule has 2 atom stereocenters. The monoisotopic (exact) mass is 264 g/mol. The average Bonchev–Trinajstić information content (AvgIpc) is 2.48. The maximum Gasteiger partial charge on any atom is 0.125 e. The average molecular weight is 264 g/mol. The van der Waals surface area contributed by atoms with E-state index in [1.807, 2.05) is 18.2 Å². The number of methoxy groups -OCH3 is 1. The maximum atomic E-state index is 9.46. The van der Waals surface area contributed by atoms with E-state index in [0.29, 0.717) is 5.92 Å². The molecule has 106 valence electrons. The van der Waals surface area contributed by atoms with Crippen LogP contribution in [-0.2, 0) is 6.61 Å². The number of aliphatic hydroxyl groups excluding tert-OH is 1. The van der Waals surface area contributed by atoms with Crippen molar-refractivity contribution in [3.63, 3.8) is 0 Å². The molecule has 2 unspecified atom stereocenters. The summed E-state index contributed by atoms with van der Waals surface area (Å²) in [5.41, 5.74) is 0.805. The summed E-state index contributed by atoms with van der Waals surface area (Å²) >= 11 is 0. The predicted molar refractivity (Wildman–Crippen MR) is 75.6 cm³/mol. The Morgan fingerprint density at radius 1 is 1.26 bits per heavy atom. The van der Waals surface area contributed by atoms with Gasteiger partial charge < -0.3 is 14.6 Å². The Bertz CT molecular complexity index is 403. The van der Waals surface area contributed by atoms with Crippen LogP contribution in [0, 0.1) is 5.92 Å². The lowest BCUT2D eigenvalue weighted by Gasteiger charge is -2.31. The van der Waals surface area contributed by atoms with Crippen molar-refractivity contribution in [1.29, 1.82) is 0 Å². The summed E-state index contributed by atoms with van der Waals surface area (Å²) in [6.07, 6.45) is 6.38. The van der Waals surface area contributed by atoms with E-state index in [1.54, 1.807) is 7.11 Å². The Balaban J connectivity index is 2.12. The molecule has 1 aliphatic carbocycles. The van der Waals surface area contributed by atoms with E-state index in [-0.39, 0.29) is 12.7 Å². The molecule has 1 N–H and O–H groups in total. The first kappa shape index (κ1) is 14.2. The van der Waals surface area contributed by atoms with Gasteiger partial charge in [-0.2, -0.15) is 0 Å². The summed E-state index contributed by atoms with van der Waals surface area (Å²) in [5.74, 6) is 2.20. The molecule has 1 saturated carbocycles.